The minimum atomic E-state index is 0.592. The smallest absolute Gasteiger partial charge is 0.101 e. The van der Waals surface area contributed by atoms with Gasteiger partial charge in [-0.3, -0.25) is 4.98 Å². The number of nitriles is 1. The van der Waals surface area contributed by atoms with Gasteiger partial charge < -0.3 is 0 Å². The van der Waals surface area contributed by atoms with E-state index in [-0.39, 0.29) is 0 Å². The van der Waals surface area contributed by atoms with Gasteiger partial charge in [0.25, 0.3) is 0 Å². The Kier molecular flexibility index (Phi) is 2.70. The maximum atomic E-state index is 8.71. The number of nitrogens with zero attached hydrogens (tertiary/aromatic N) is 2. The van der Waals surface area contributed by atoms with Gasteiger partial charge in [0.15, 0.2) is 0 Å². The summed E-state index contributed by atoms with van der Waals surface area (Å²) in [5, 5.41) is 8.71. The van der Waals surface area contributed by atoms with Crippen molar-refractivity contribution in [3.05, 3.63) is 53.2 Å². The van der Waals surface area contributed by atoms with Crippen molar-refractivity contribution in [3.8, 4) is 17.3 Å². The van der Waals surface area contributed by atoms with Crippen LogP contribution in [-0.2, 0) is 0 Å². The van der Waals surface area contributed by atoms with Crippen LogP contribution in [0.4, 0.5) is 0 Å². The van der Waals surface area contributed by atoms with Gasteiger partial charge in [-0.05, 0) is 37.6 Å². The lowest BCUT2D eigenvalue weighted by Crippen LogP contribution is -1.88. The Morgan fingerprint density at radius 3 is 2.56 bits per heavy atom. The van der Waals surface area contributed by atoms with E-state index >= 15 is 0 Å². The van der Waals surface area contributed by atoms with Crippen molar-refractivity contribution in [2.75, 3.05) is 0 Å². The molecule has 0 bridgehead atoms. The van der Waals surface area contributed by atoms with Gasteiger partial charge in [0, 0.05) is 11.8 Å². The summed E-state index contributed by atoms with van der Waals surface area (Å²) >= 11 is 0. The van der Waals surface area contributed by atoms with E-state index in [1.165, 1.54) is 11.1 Å². The lowest BCUT2D eigenvalue weighted by Gasteiger charge is -2.06. The number of aryl methyl sites for hydroxylation is 2. The highest BCUT2D eigenvalue weighted by Gasteiger charge is 2.03. The fraction of sp³-hybridized carbons (Fsp3) is 0.143. The van der Waals surface area contributed by atoms with Crippen molar-refractivity contribution in [3.63, 3.8) is 0 Å². The van der Waals surface area contributed by atoms with E-state index in [1.54, 1.807) is 12.3 Å². The normalized spacial score (nSPS) is 9.81. The number of benzene rings is 1. The van der Waals surface area contributed by atoms with Crippen LogP contribution in [0.2, 0.25) is 0 Å². The van der Waals surface area contributed by atoms with Gasteiger partial charge in [-0.25, -0.2) is 0 Å². The van der Waals surface area contributed by atoms with Gasteiger partial charge in [-0.1, -0.05) is 17.7 Å². The number of hydrogen-bond donors (Lipinski definition) is 0. The van der Waals surface area contributed by atoms with Crippen LogP contribution in [0.5, 0.6) is 0 Å². The summed E-state index contributed by atoms with van der Waals surface area (Å²) < 4.78 is 0. The minimum absolute atomic E-state index is 0.592. The van der Waals surface area contributed by atoms with Crippen LogP contribution in [0.1, 0.15) is 16.7 Å². The van der Waals surface area contributed by atoms with Crippen LogP contribution >= 0.6 is 0 Å². The molecule has 0 radical (unpaired) electrons. The molecule has 0 saturated carbocycles. The molecule has 1 aromatic heterocycles. The molecule has 0 aliphatic heterocycles. The average Bonchev–Trinajstić information content (AvgIpc) is 2.32. The lowest BCUT2D eigenvalue weighted by atomic mass is 10.0. The second kappa shape index (κ2) is 4.16. The van der Waals surface area contributed by atoms with E-state index in [0.29, 0.717) is 5.56 Å². The Hall–Kier alpha value is -2.14. The Bertz CT molecular complexity index is 548. The summed E-state index contributed by atoms with van der Waals surface area (Å²) in [4.78, 5) is 4.30. The molecule has 1 heterocycles. The van der Waals surface area contributed by atoms with Crippen LogP contribution in [0.15, 0.2) is 36.5 Å². The molecule has 1 aromatic carbocycles. The molecule has 2 rings (SSSR count). The van der Waals surface area contributed by atoms with E-state index in [4.69, 9.17) is 5.26 Å². The van der Waals surface area contributed by atoms with Gasteiger partial charge in [-0.15, -0.1) is 0 Å². The lowest BCUT2D eigenvalue weighted by molar-refractivity contribution is 1.28. The Balaban J connectivity index is 2.50. The number of hydrogen-bond acceptors (Lipinski definition) is 2. The first-order valence-electron chi connectivity index (χ1n) is 5.14. The Morgan fingerprint density at radius 1 is 1.12 bits per heavy atom. The van der Waals surface area contributed by atoms with Crippen LogP contribution in [0.25, 0.3) is 11.3 Å². The third-order valence-corrected chi connectivity index (χ3v) is 2.56. The highest BCUT2D eigenvalue weighted by atomic mass is 14.7. The molecule has 0 unspecified atom stereocenters. The number of rotatable bonds is 1. The molecule has 0 saturated heterocycles. The van der Waals surface area contributed by atoms with Gasteiger partial charge in [0.05, 0.1) is 11.3 Å². The highest BCUT2D eigenvalue weighted by Crippen LogP contribution is 2.22. The third kappa shape index (κ3) is 1.94. The molecule has 0 aliphatic rings. The Labute approximate surface area is 95.2 Å². The van der Waals surface area contributed by atoms with Crippen molar-refractivity contribution in [2.24, 2.45) is 0 Å². The van der Waals surface area contributed by atoms with E-state index in [0.717, 1.165) is 11.3 Å². The molecule has 2 heteroatoms. The summed E-state index contributed by atoms with van der Waals surface area (Å²) in [6.45, 7) is 4.13. The van der Waals surface area contributed by atoms with Gasteiger partial charge >= 0.3 is 0 Å². The van der Waals surface area contributed by atoms with Crippen molar-refractivity contribution >= 4 is 0 Å². The first-order chi connectivity index (χ1) is 7.70. The molecule has 2 nitrogen and oxygen atoms in total. The van der Waals surface area contributed by atoms with Gasteiger partial charge in [0.2, 0.25) is 0 Å². The molecule has 0 atom stereocenters. The van der Waals surface area contributed by atoms with Crippen molar-refractivity contribution in [1.82, 2.24) is 4.98 Å². The summed E-state index contributed by atoms with van der Waals surface area (Å²) in [5.41, 5.74) is 5.05. The van der Waals surface area contributed by atoms with Crippen LogP contribution in [0, 0.1) is 25.2 Å². The molecule has 16 heavy (non-hydrogen) atoms. The molecular weight excluding hydrogens is 196 g/mol. The highest BCUT2D eigenvalue weighted by molar-refractivity contribution is 5.64. The summed E-state index contributed by atoms with van der Waals surface area (Å²) in [6, 6.07) is 12.0. The topological polar surface area (TPSA) is 36.7 Å². The number of pyridine rings is 1. The molecule has 0 N–H and O–H groups in total. The van der Waals surface area contributed by atoms with Gasteiger partial charge in [-0.2, -0.15) is 5.26 Å². The van der Waals surface area contributed by atoms with Gasteiger partial charge in [0.1, 0.15) is 6.07 Å². The summed E-state index contributed by atoms with van der Waals surface area (Å²) in [6.07, 6.45) is 1.61. The predicted octanol–water partition coefficient (Wildman–Crippen LogP) is 3.24. The average molecular weight is 208 g/mol. The zero-order valence-electron chi connectivity index (χ0n) is 9.36. The monoisotopic (exact) mass is 208 g/mol. The molecule has 0 spiro atoms. The second-order valence-electron chi connectivity index (χ2n) is 3.86. The fourth-order valence-electron chi connectivity index (χ4n) is 1.63. The van der Waals surface area contributed by atoms with Crippen LogP contribution in [0.3, 0.4) is 0 Å². The maximum Gasteiger partial charge on any atom is 0.101 e. The first-order valence-corrected chi connectivity index (χ1v) is 5.14. The Morgan fingerprint density at radius 2 is 1.94 bits per heavy atom. The van der Waals surface area contributed by atoms with E-state index in [1.807, 2.05) is 6.07 Å². The summed E-state index contributed by atoms with van der Waals surface area (Å²) in [7, 11) is 0. The molecule has 0 aliphatic carbocycles. The first kappa shape index (κ1) is 10.4. The largest absolute Gasteiger partial charge is 0.255 e. The SMILES string of the molecule is Cc1ccc(C)c(-c2ccc(C#N)cn2)c1. The second-order valence-corrected chi connectivity index (χ2v) is 3.86. The molecule has 2 aromatic rings. The summed E-state index contributed by atoms with van der Waals surface area (Å²) in [5.74, 6) is 0. The van der Waals surface area contributed by atoms with Crippen molar-refractivity contribution < 1.29 is 0 Å². The predicted molar refractivity (Wildman–Crippen MR) is 63.9 cm³/mol. The standard InChI is InChI=1S/C14H12N2/c1-10-3-4-11(2)13(7-10)14-6-5-12(8-15)9-16-14/h3-7,9H,1-2H3. The minimum Gasteiger partial charge on any atom is -0.255 e. The zero-order chi connectivity index (χ0) is 11.5. The van der Waals surface area contributed by atoms with E-state index in [2.05, 4.69) is 43.1 Å². The molecule has 0 fully saturated rings. The van der Waals surface area contributed by atoms with E-state index < -0.39 is 0 Å². The molecular formula is C14H12N2. The fourth-order valence-corrected chi connectivity index (χ4v) is 1.63. The number of aromatic nitrogens is 1. The van der Waals surface area contributed by atoms with Crippen LogP contribution < -0.4 is 0 Å². The van der Waals surface area contributed by atoms with Crippen LogP contribution in [-0.4, -0.2) is 4.98 Å². The quantitative estimate of drug-likeness (QED) is 0.721. The zero-order valence-corrected chi connectivity index (χ0v) is 9.36. The van der Waals surface area contributed by atoms with Crippen molar-refractivity contribution in [2.45, 2.75) is 13.8 Å². The maximum absolute atomic E-state index is 8.71. The third-order valence-electron chi connectivity index (χ3n) is 2.56. The van der Waals surface area contributed by atoms with E-state index in [9.17, 15) is 0 Å². The molecule has 78 valence electrons. The molecule has 0 amide bonds. The van der Waals surface area contributed by atoms with Crippen molar-refractivity contribution in [1.29, 1.82) is 5.26 Å².